The van der Waals surface area contributed by atoms with Gasteiger partial charge in [-0.3, -0.25) is 4.99 Å². The van der Waals surface area contributed by atoms with Gasteiger partial charge >= 0.3 is 0 Å². The van der Waals surface area contributed by atoms with Crippen molar-refractivity contribution >= 4 is 28.5 Å². The van der Waals surface area contributed by atoms with Crippen LogP contribution in [0.5, 0.6) is 0 Å². The summed E-state index contributed by atoms with van der Waals surface area (Å²) in [6.07, 6.45) is 2.20. The fourth-order valence-corrected chi connectivity index (χ4v) is 3.65. The van der Waals surface area contributed by atoms with Crippen molar-refractivity contribution in [2.75, 3.05) is 0 Å². The quantitative estimate of drug-likeness (QED) is 0.756. The van der Waals surface area contributed by atoms with Gasteiger partial charge in [0.15, 0.2) is 0 Å². The van der Waals surface area contributed by atoms with Crippen molar-refractivity contribution in [3.8, 4) is 0 Å². The van der Waals surface area contributed by atoms with Crippen molar-refractivity contribution in [1.82, 2.24) is 0 Å². The highest BCUT2D eigenvalue weighted by molar-refractivity contribution is 8.10. The van der Waals surface area contributed by atoms with Crippen molar-refractivity contribution in [3.63, 3.8) is 0 Å². The van der Waals surface area contributed by atoms with E-state index in [0.29, 0.717) is 0 Å². The van der Waals surface area contributed by atoms with Crippen molar-refractivity contribution in [2.24, 2.45) is 4.99 Å². The minimum absolute atomic E-state index is 0.223. The Balaban J connectivity index is 1.83. The van der Waals surface area contributed by atoms with Gasteiger partial charge in [-0.15, -0.1) is 0 Å². The van der Waals surface area contributed by atoms with Crippen LogP contribution in [0.15, 0.2) is 59.6 Å². The first-order valence-electron chi connectivity index (χ1n) is 6.03. The van der Waals surface area contributed by atoms with Gasteiger partial charge in [0, 0.05) is 4.91 Å². The van der Waals surface area contributed by atoms with Crippen molar-refractivity contribution in [1.29, 1.82) is 0 Å². The summed E-state index contributed by atoms with van der Waals surface area (Å²) < 4.78 is 0. The Labute approximate surface area is 110 Å². The van der Waals surface area contributed by atoms with Crippen LogP contribution in [0.4, 0.5) is 0 Å². The molecule has 2 heteroatoms. The summed E-state index contributed by atoms with van der Waals surface area (Å²) >= 11 is 1.86. The molecule has 1 aliphatic heterocycles. The second kappa shape index (κ2) is 3.85. The Morgan fingerprint density at radius 3 is 2.56 bits per heavy atom. The number of aliphatic imine (C=N–C) groups is 1. The van der Waals surface area contributed by atoms with Crippen molar-refractivity contribution in [3.05, 3.63) is 70.6 Å². The average molecular weight is 249 g/mol. The van der Waals surface area contributed by atoms with Crippen molar-refractivity contribution < 1.29 is 0 Å². The van der Waals surface area contributed by atoms with E-state index in [-0.39, 0.29) is 5.37 Å². The lowest BCUT2D eigenvalue weighted by molar-refractivity contribution is 1.05. The number of benzene rings is 2. The van der Waals surface area contributed by atoms with E-state index in [1.165, 1.54) is 20.9 Å². The van der Waals surface area contributed by atoms with Crippen LogP contribution in [0.25, 0.3) is 11.0 Å². The van der Waals surface area contributed by atoms with E-state index in [2.05, 4.69) is 54.6 Å². The lowest BCUT2D eigenvalue weighted by Crippen LogP contribution is -2.21. The molecule has 0 fully saturated rings. The minimum atomic E-state index is 0.223. The summed E-state index contributed by atoms with van der Waals surface area (Å²) in [6.45, 7) is 0. The zero-order valence-corrected chi connectivity index (χ0v) is 10.5. The molecule has 1 unspecified atom stereocenters. The molecular formula is C16H11NS. The normalized spacial score (nSPS) is 20.1. The second-order valence-corrected chi connectivity index (χ2v) is 5.55. The molecule has 0 N–H and O–H groups in total. The first-order chi connectivity index (χ1) is 8.92. The molecule has 1 atom stereocenters. The predicted octanol–water partition coefficient (Wildman–Crippen LogP) is 2.48. The molecule has 0 spiro atoms. The van der Waals surface area contributed by atoms with Gasteiger partial charge < -0.3 is 0 Å². The standard InChI is InChI=1S/C16H11NS/c1-2-6-11(7-3-1)16-17-14-10-12-8-4-5-9-13(12)15(14)18-16/h1-10,16H. The lowest BCUT2D eigenvalue weighted by atomic mass is 10.2. The molecule has 0 saturated heterocycles. The molecule has 0 aromatic heterocycles. The van der Waals surface area contributed by atoms with Crippen LogP contribution >= 0.6 is 11.8 Å². The van der Waals surface area contributed by atoms with Crippen LogP contribution in [0.1, 0.15) is 10.9 Å². The van der Waals surface area contributed by atoms with E-state index >= 15 is 0 Å². The Kier molecular flexibility index (Phi) is 2.17. The maximum atomic E-state index is 4.82. The third-order valence-electron chi connectivity index (χ3n) is 3.30. The van der Waals surface area contributed by atoms with E-state index in [9.17, 15) is 0 Å². The molecule has 4 rings (SSSR count). The second-order valence-electron chi connectivity index (χ2n) is 4.46. The molecule has 86 valence electrons. The molecule has 1 aliphatic carbocycles. The summed E-state index contributed by atoms with van der Waals surface area (Å²) in [5.74, 6) is 0. The van der Waals surface area contributed by atoms with Gasteiger partial charge in [0.2, 0.25) is 0 Å². The summed E-state index contributed by atoms with van der Waals surface area (Å²) in [5.41, 5.74) is 2.43. The summed E-state index contributed by atoms with van der Waals surface area (Å²) in [4.78, 5) is 6.15. The average Bonchev–Trinajstić information content (AvgIpc) is 2.97. The molecule has 1 heterocycles. The van der Waals surface area contributed by atoms with Crippen LogP contribution in [-0.2, 0) is 0 Å². The molecule has 2 aliphatic rings. The first kappa shape index (κ1) is 10.2. The number of hydrogen-bond acceptors (Lipinski definition) is 2. The SMILES string of the molecule is C1=c2ccccc2=C2SC(c3ccccc3)N=C12. The molecular weight excluding hydrogens is 238 g/mol. The van der Waals surface area contributed by atoms with Gasteiger partial charge in [-0.05, 0) is 22.1 Å². The van der Waals surface area contributed by atoms with Gasteiger partial charge in [-0.25, -0.2) is 0 Å². The molecule has 0 saturated carbocycles. The van der Waals surface area contributed by atoms with Crippen LogP contribution in [-0.4, -0.2) is 5.71 Å². The largest absolute Gasteiger partial charge is 0.265 e. The van der Waals surface area contributed by atoms with Crippen LogP contribution in [0, 0.1) is 0 Å². The van der Waals surface area contributed by atoms with Crippen molar-refractivity contribution in [2.45, 2.75) is 5.37 Å². The first-order valence-corrected chi connectivity index (χ1v) is 6.91. The maximum Gasteiger partial charge on any atom is 0.126 e. The van der Waals surface area contributed by atoms with Crippen LogP contribution in [0.2, 0.25) is 0 Å². The highest BCUT2D eigenvalue weighted by atomic mass is 32.2. The molecule has 2 aromatic rings. The van der Waals surface area contributed by atoms with E-state index in [1.807, 2.05) is 17.8 Å². The molecule has 0 bridgehead atoms. The smallest absolute Gasteiger partial charge is 0.126 e. The van der Waals surface area contributed by atoms with E-state index in [1.54, 1.807) is 0 Å². The number of rotatable bonds is 1. The molecule has 1 nitrogen and oxygen atoms in total. The molecule has 2 aromatic carbocycles. The Bertz CT molecular complexity index is 759. The Morgan fingerprint density at radius 1 is 0.889 bits per heavy atom. The number of fused-ring (bicyclic) bond motifs is 2. The highest BCUT2D eigenvalue weighted by Crippen LogP contribution is 2.43. The third-order valence-corrected chi connectivity index (χ3v) is 4.57. The van der Waals surface area contributed by atoms with E-state index in [0.717, 1.165) is 5.71 Å². The third kappa shape index (κ3) is 1.46. The number of nitrogens with zero attached hydrogens (tertiary/aromatic N) is 1. The number of thioether (sulfide) groups is 1. The predicted molar refractivity (Wildman–Crippen MR) is 77.8 cm³/mol. The molecule has 18 heavy (non-hydrogen) atoms. The fraction of sp³-hybridized carbons (Fsp3) is 0.0625. The van der Waals surface area contributed by atoms with Gasteiger partial charge in [0.05, 0.1) is 5.71 Å². The van der Waals surface area contributed by atoms with Crippen LogP contribution < -0.4 is 10.4 Å². The summed E-state index contributed by atoms with van der Waals surface area (Å²) in [7, 11) is 0. The monoisotopic (exact) mass is 249 g/mol. The Hall–Kier alpha value is -1.80. The minimum Gasteiger partial charge on any atom is -0.265 e. The fourth-order valence-electron chi connectivity index (χ4n) is 2.42. The summed E-state index contributed by atoms with van der Waals surface area (Å²) in [6, 6.07) is 19.0. The summed E-state index contributed by atoms with van der Waals surface area (Å²) in [5, 5.41) is 2.85. The maximum absolute atomic E-state index is 4.82. The van der Waals surface area contributed by atoms with Gasteiger partial charge in [-0.2, -0.15) is 0 Å². The highest BCUT2D eigenvalue weighted by Gasteiger charge is 2.26. The van der Waals surface area contributed by atoms with Gasteiger partial charge in [0.25, 0.3) is 0 Å². The Morgan fingerprint density at radius 2 is 1.67 bits per heavy atom. The molecule has 0 amide bonds. The zero-order valence-electron chi connectivity index (χ0n) is 9.71. The van der Waals surface area contributed by atoms with E-state index < -0.39 is 0 Å². The number of hydrogen-bond donors (Lipinski definition) is 0. The molecule has 0 radical (unpaired) electrons. The lowest BCUT2D eigenvalue weighted by Gasteiger charge is -2.05. The van der Waals surface area contributed by atoms with Gasteiger partial charge in [-0.1, -0.05) is 66.4 Å². The van der Waals surface area contributed by atoms with E-state index in [4.69, 9.17) is 4.99 Å². The van der Waals surface area contributed by atoms with Crippen LogP contribution in [0.3, 0.4) is 0 Å². The zero-order chi connectivity index (χ0) is 11.9. The topological polar surface area (TPSA) is 12.4 Å². The van der Waals surface area contributed by atoms with Gasteiger partial charge in [0.1, 0.15) is 5.37 Å².